The van der Waals surface area contributed by atoms with E-state index in [1.165, 1.54) is 0 Å². The average Bonchev–Trinajstić information content (AvgIpc) is 3.35. The van der Waals surface area contributed by atoms with Crippen LogP contribution in [0.5, 0.6) is 17.2 Å². The molecule has 0 saturated carbocycles. The van der Waals surface area contributed by atoms with Gasteiger partial charge in [-0.15, -0.1) is 0 Å². The van der Waals surface area contributed by atoms with Crippen molar-refractivity contribution >= 4 is 5.91 Å². The minimum atomic E-state index is -0.352. The van der Waals surface area contributed by atoms with Crippen molar-refractivity contribution in [2.75, 3.05) is 6.54 Å². The van der Waals surface area contributed by atoms with Gasteiger partial charge in [0.25, 0.3) is 0 Å². The number of ether oxygens (including phenoxy) is 1. The van der Waals surface area contributed by atoms with Gasteiger partial charge in [0.2, 0.25) is 5.91 Å². The quantitative estimate of drug-likeness (QED) is 0.545. The molecule has 0 bridgehead atoms. The van der Waals surface area contributed by atoms with Gasteiger partial charge in [0.05, 0.1) is 12.1 Å². The number of hydrogen-bond acceptors (Lipinski definition) is 5. The number of para-hydroxylation sites is 2. The standard InChI is InChI=1S/C26H27N3O3/c1-2-15-29-25(17-9-8-12-19(16-17)32-18-10-4-3-5-11-18)22-23(27-28-24(22)26(29)31)20-13-6-7-14-21(20)30/h3-14,16,22-25,27-28,30H,2,15H2,1H3. The fourth-order valence-electron chi connectivity index (χ4n) is 4.99. The number of hydrogen-bond donors (Lipinski definition) is 3. The molecule has 2 heterocycles. The summed E-state index contributed by atoms with van der Waals surface area (Å²) in [7, 11) is 0. The van der Waals surface area contributed by atoms with Crippen molar-refractivity contribution in [3.05, 3.63) is 90.0 Å². The Morgan fingerprint density at radius 3 is 2.41 bits per heavy atom. The van der Waals surface area contributed by atoms with Gasteiger partial charge in [0.15, 0.2) is 0 Å². The van der Waals surface area contributed by atoms with Crippen LogP contribution in [0.2, 0.25) is 0 Å². The number of carbonyl (C=O) groups excluding carboxylic acids is 1. The summed E-state index contributed by atoms with van der Waals surface area (Å²) in [5.41, 5.74) is 8.30. The Kier molecular flexibility index (Phi) is 5.55. The smallest absolute Gasteiger partial charge is 0.242 e. The Morgan fingerprint density at radius 1 is 0.906 bits per heavy atom. The molecule has 6 heteroatoms. The molecule has 0 aromatic heterocycles. The van der Waals surface area contributed by atoms with Gasteiger partial charge in [-0.25, -0.2) is 10.9 Å². The Morgan fingerprint density at radius 2 is 1.62 bits per heavy atom. The summed E-state index contributed by atoms with van der Waals surface area (Å²) in [6.07, 6.45) is 0.872. The second-order valence-electron chi connectivity index (χ2n) is 8.34. The number of aromatic hydroxyl groups is 1. The third kappa shape index (κ3) is 3.61. The molecular weight excluding hydrogens is 402 g/mol. The zero-order valence-corrected chi connectivity index (χ0v) is 17.9. The van der Waals surface area contributed by atoms with E-state index in [0.717, 1.165) is 29.0 Å². The van der Waals surface area contributed by atoms with Crippen molar-refractivity contribution in [3.8, 4) is 17.2 Å². The van der Waals surface area contributed by atoms with Crippen LogP contribution in [0, 0.1) is 5.92 Å². The number of rotatable bonds is 6. The molecule has 1 amide bonds. The Labute approximate surface area is 187 Å². The highest BCUT2D eigenvalue weighted by molar-refractivity contribution is 5.86. The Balaban J connectivity index is 1.53. The van der Waals surface area contributed by atoms with E-state index in [0.29, 0.717) is 6.54 Å². The number of nitrogens with zero attached hydrogens (tertiary/aromatic N) is 1. The normalized spacial score (nSPS) is 24.5. The largest absolute Gasteiger partial charge is 0.508 e. The first-order valence-corrected chi connectivity index (χ1v) is 11.1. The third-order valence-corrected chi connectivity index (χ3v) is 6.33. The van der Waals surface area contributed by atoms with E-state index >= 15 is 0 Å². The SMILES string of the molecule is CCCN1C(=O)C2NNC(c3ccccc3O)C2C1c1cccc(Oc2ccccc2)c1. The van der Waals surface area contributed by atoms with Crippen molar-refractivity contribution < 1.29 is 14.6 Å². The molecule has 0 radical (unpaired) electrons. The van der Waals surface area contributed by atoms with Crippen LogP contribution in [-0.2, 0) is 4.79 Å². The van der Waals surface area contributed by atoms with Crippen LogP contribution in [0.15, 0.2) is 78.9 Å². The van der Waals surface area contributed by atoms with E-state index in [1.54, 1.807) is 6.07 Å². The zero-order chi connectivity index (χ0) is 22.1. The summed E-state index contributed by atoms with van der Waals surface area (Å²) < 4.78 is 6.07. The van der Waals surface area contributed by atoms with E-state index in [2.05, 4.69) is 23.8 Å². The fourth-order valence-corrected chi connectivity index (χ4v) is 4.99. The minimum absolute atomic E-state index is 0.0747. The number of phenolic OH excluding ortho intramolecular Hbond substituents is 1. The fraction of sp³-hybridized carbons (Fsp3) is 0.269. The number of amides is 1. The van der Waals surface area contributed by atoms with Crippen molar-refractivity contribution in [3.63, 3.8) is 0 Å². The molecule has 4 unspecified atom stereocenters. The number of hydrazine groups is 1. The number of fused-ring (bicyclic) bond motifs is 1. The molecule has 32 heavy (non-hydrogen) atoms. The van der Waals surface area contributed by atoms with Crippen LogP contribution in [0.4, 0.5) is 0 Å². The molecule has 3 aromatic carbocycles. The van der Waals surface area contributed by atoms with Crippen molar-refractivity contribution in [2.24, 2.45) is 5.92 Å². The molecule has 2 fully saturated rings. The van der Waals surface area contributed by atoms with Crippen molar-refractivity contribution in [2.45, 2.75) is 31.5 Å². The number of likely N-dealkylation sites (tertiary alicyclic amines) is 1. The monoisotopic (exact) mass is 429 g/mol. The minimum Gasteiger partial charge on any atom is -0.508 e. The van der Waals surface area contributed by atoms with Gasteiger partial charge in [-0.3, -0.25) is 4.79 Å². The number of nitrogens with one attached hydrogen (secondary N) is 2. The van der Waals surface area contributed by atoms with Crippen LogP contribution in [0.3, 0.4) is 0 Å². The third-order valence-electron chi connectivity index (χ3n) is 6.33. The lowest BCUT2D eigenvalue weighted by Crippen LogP contribution is -2.41. The molecule has 164 valence electrons. The summed E-state index contributed by atoms with van der Waals surface area (Å²) in [6.45, 7) is 2.76. The maximum atomic E-state index is 13.3. The molecule has 3 aromatic rings. The maximum absolute atomic E-state index is 13.3. The van der Waals surface area contributed by atoms with Crippen LogP contribution in [0.1, 0.15) is 36.6 Å². The first-order valence-electron chi connectivity index (χ1n) is 11.1. The summed E-state index contributed by atoms with van der Waals surface area (Å²) in [5, 5.41) is 10.5. The second-order valence-corrected chi connectivity index (χ2v) is 8.34. The van der Waals surface area contributed by atoms with Crippen LogP contribution in [0.25, 0.3) is 0 Å². The first kappa shape index (κ1) is 20.5. The summed E-state index contributed by atoms with van der Waals surface area (Å²) in [5.74, 6) is 1.75. The first-order chi connectivity index (χ1) is 15.7. The molecule has 2 saturated heterocycles. The second kappa shape index (κ2) is 8.65. The van der Waals surface area contributed by atoms with Gasteiger partial charge in [0.1, 0.15) is 23.3 Å². The molecule has 5 rings (SSSR count). The Hall–Kier alpha value is -3.35. The highest BCUT2D eigenvalue weighted by atomic mass is 16.5. The van der Waals surface area contributed by atoms with Gasteiger partial charge in [-0.05, 0) is 42.3 Å². The number of carbonyl (C=O) groups is 1. The van der Waals surface area contributed by atoms with Gasteiger partial charge >= 0.3 is 0 Å². The highest BCUT2D eigenvalue weighted by Gasteiger charge is 2.55. The summed E-state index contributed by atoms with van der Waals surface area (Å²) >= 11 is 0. The summed E-state index contributed by atoms with van der Waals surface area (Å²) in [6, 6.07) is 24.3. The molecule has 4 atom stereocenters. The van der Waals surface area contributed by atoms with Crippen molar-refractivity contribution in [1.82, 2.24) is 15.8 Å². The molecule has 2 aliphatic heterocycles. The molecule has 6 nitrogen and oxygen atoms in total. The predicted octanol–water partition coefficient (Wildman–Crippen LogP) is 4.31. The molecule has 0 spiro atoms. The van der Waals surface area contributed by atoms with Crippen LogP contribution < -0.4 is 15.6 Å². The van der Waals surface area contributed by atoms with Crippen LogP contribution >= 0.6 is 0 Å². The maximum Gasteiger partial charge on any atom is 0.242 e. The zero-order valence-electron chi connectivity index (χ0n) is 17.9. The van der Waals surface area contributed by atoms with Gasteiger partial charge in [0, 0.05) is 18.0 Å². The average molecular weight is 430 g/mol. The van der Waals surface area contributed by atoms with E-state index in [9.17, 15) is 9.90 Å². The van der Waals surface area contributed by atoms with E-state index < -0.39 is 0 Å². The topological polar surface area (TPSA) is 73.8 Å². The van der Waals surface area contributed by atoms with Gasteiger partial charge < -0.3 is 14.7 Å². The number of phenols is 1. The van der Waals surface area contributed by atoms with Crippen LogP contribution in [-0.4, -0.2) is 28.5 Å². The lowest BCUT2D eigenvalue weighted by molar-refractivity contribution is -0.130. The van der Waals surface area contributed by atoms with Gasteiger partial charge in [-0.1, -0.05) is 55.5 Å². The number of benzene rings is 3. The molecule has 0 aliphatic carbocycles. The summed E-state index contributed by atoms with van der Waals surface area (Å²) in [4.78, 5) is 15.3. The van der Waals surface area contributed by atoms with E-state index in [1.807, 2.05) is 71.6 Å². The van der Waals surface area contributed by atoms with E-state index in [-0.39, 0.29) is 35.7 Å². The lowest BCUT2D eigenvalue weighted by atomic mass is 9.83. The molecule has 3 N–H and O–H groups in total. The van der Waals surface area contributed by atoms with E-state index in [4.69, 9.17) is 4.74 Å². The van der Waals surface area contributed by atoms with Crippen molar-refractivity contribution in [1.29, 1.82) is 0 Å². The molecule has 2 aliphatic rings. The predicted molar refractivity (Wildman–Crippen MR) is 122 cm³/mol. The lowest BCUT2D eigenvalue weighted by Gasteiger charge is -2.31. The Bertz CT molecular complexity index is 1100. The highest BCUT2D eigenvalue weighted by Crippen LogP contribution is 2.48. The molecular formula is C26H27N3O3. The van der Waals surface area contributed by atoms with Gasteiger partial charge in [-0.2, -0.15) is 0 Å².